The maximum Gasteiger partial charge on any atom is 0.325 e. The third-order valence-electron chi connectivity index (χ3n) is 6.77. The Kier molecular flexibility index (Phi) is 7.73. The highest BCUT2D eigenvalue weighted by Gasteiger charge is 2.55. The molecule has 38 heavy (non-hydrogen) atoms. The minimum atomic E-state index is -1.02. The predicted octanol–water partition coefficient (Wildman–Crippen LogP) is 3.56. The lowest BCUT2D eigenvalue weighted by Gasteiger charge is -2.45. The van der Waals surface area contributed by atoms with E-state index < -0.39 is 35.8 Å². The van der Waals surface area contributed by atoms with E-state index in [0.29, 0.717) is 28.9 Å². The van der Waals surface area contributed by atoms with E-state index in [1.165, 1.54) is 4.90 Å². The van der Waals surface area contributed by atoms with Gasteiger partial charge in [0.2, 0.25) is 11.9 Å². The van der Waals surface area contributed by atoms with Crippen molar-refractivity contribution in [2.45, 2.75) is 45.7 Å². The van der Waals surface area contributed by atoms with Gasteiger partial charge in [0.05, 0.1) is 12.0 Å². The lowest BCUT2D eigenvalue weighted by atomic mass is 9.81. The van der Waals surface area contributed by atoms with E-state index in [4.69, 9.17) is 17.3 Å². The molecule has 1 aliphatic rings. The first-order valence-electron chi connectivity index (χ1n) is 12.4. The number of rotatable bonds is 7. The van der Waals surface area contributed by atoms with Gasteiger partial charge in [-0.3, -0.25) is 19.4 Å². The van der Waals surface area contributed by atoms with Crippen LogP contribution in [-0.2, 0) is 23.1 Å². The minimum Gasteiger partial charge on any atom is -0.384 e. The van der Waals surface area contributed by atoms with Crippen LogP contribution in [-0.4, -0.2) is 50.4 Å². The van der Waals surface area contributed by atoms with Crippen LogP contribution in [0, 0.1) is 19.8 Å². The number of amides is 4. The molecule has 0 bridgehead atoms. The third-order valence-corrected chi connectivity index (χ3v) is 6.99. The first-order chi connectivity index (χ1) is 18.0. The van der Waals surface area contributed by atoms with Gasteiger partial charge in [-0.1, -0.05) is 24.6 Å². The van der Waals surface area contributed by atoms with Crippen LogP contribution >= 0.6 is 11.6 Å². The number of halogens is 1. The van der Waals surface area contributed by atoms with E-state index in [1.807, 2.05) is 39.0 Å². The van der Waals surface area contributed by atoms with Gasteiger partial charge in [-0.2, -0.15) is 0 Å². The van der Waals surface area contributed by atoms with E-state index in [0.717, 1.165) is 21.6 Å². The molecule has 3 aromatic rings. The largest absolute Gasteiger partial charge is 0.384 e. The molecule has 0 spiro atoms. The van der Waals surface area contributed by atoms with Crippen molar-refractivity contribution in [3.8, 4) is 0 Å². The van der Waals surface area contributed by atoms with Crippen molar-refractivity contribution in [1.29, 1.82) is 0 Å². The molecule has 0 radical (unpaired) electrons. The van der Waals surface area contributed by atoms with Crippen molar-refractivity contribution >= 4 is 41.2 Å². The van der Waals surface area contributed by atoms with Gasteiger partial charge < -0.3 is 15.6 Å². The van der Waals surface area contributed by atoms with Crippen LogP contribution in [0.15, 0.2) is 42.7 Å². The predicted molar refractivity (Wildman–Crippen MR) is 146 cm³/mol. The molecule has 2 aromatic heterocycles. The number of nitrogen functional groups attached to an aromatic ring is 1. The maximum atomic E-state index is 13.7. The first-order valence-corrected chi connectivity index (χ1v) is 12.8. The number of benzene rings is 1. The average Bonchev–Trinajstić information content (AvgIpc) is 3.27. The zero-order valence-corrected chi connectivity index (χ0v) is 22.9. The topological polar surface area (TPSA) is 126 Å². The summed E-state index contributed by atoms with van der Waals surface area (Å²) in [5, 5.41) is 3.49. The molecule has 11 heteroatoms. The van der Waals surface area contributed by atoms with Crippen LogP contribution in [0.25, 0.3) is 0 Å². The zero-order valence-electron chi connectivity index (χ0n) is 22.1. The third kappa shape index (κ3) is 5.35. The number of urea groups is 1. The Labute approximate surface area is 226 Å². The number of carbonyl (C=O) groups is 3. The van der Waals surface area contributed by atoms with E-state index in [1.54, 1.807) is 43.2 Å². The van der Waals surface area contributed by atoms with E-state index in [9.17, 15) is 14.4 Å². The van der Waals surface area contributed by atoms with Crippen LogP contribution in [0.4, 0.5) is 16.6 Å². The SMILES string of the molecule is CCC(NC(=O)N1C(=O)[C@H](Cc2cc(C)nc(N)c2)[C@H]1C(=O)N(C)c1nccn1C)c1cc(C)cc(Cl)c1. The molecule has 1 saturated heterocycles. The molecule has 4 rings (SSSR count). The molecule has 4 amide bonds. The molecule has 1 unspecified atom stereocenters. The standard InChI is InChI=1S/C27H32ClN7O3/c1-6-21(18-9-15(2)10-19(28)14-18)32-27(38)35-23(25(37)34(5)26-30-7-8-33(26)4)20(24(35)36)12-17-11-16(3)31-22(29)13-17/h7-11,13-14,20-21,23H,6,12H2,1-5H3,(H2,29,31)(H,32,38)/t20-,21?,23+/m1/s1. The minimum absolute atomic E-state index is 0.242. The molecule has 3 heterocycles. The van der Waals surface area contributed by atoms with Crippen molar-refractivity contribution in [2.24, 2.45) is 13.0 Å². The Morgan fingerprint density at radius 2 is 1.95 bits per heavy atom. The Morgan fingerprint density at radius 1 is 1.21 bits per heavy atom. The van der Waals surface area contributed by atoms with Crippen LogP contribution in [0.3, 0.4) is 0 Å². The van der Waals surface area contributed by atoms with Gasteiger partial charge >= 0.3 is 6.03 Å². The second kappa shape index (κ2) is 10.8. The number of hydrogen-bond acceptors (Lipinski definition) is 6. The molecular formula is C27H32ClN7O3. The van der Waals surface area contributed by atoms with Crippen molar-refractivity contribution in [1.82, 2.24) is 24.8 Å². The Bertz CT molecular complexity index is 1350. The molecule has 0 aliphatic carbocycles. The number of imide groups is 1. The molecule has 1 aliphatic heterocycles. The second-order valence-corrected chi connectivity index (χ2v) is 10.1. The van der Waals surface area contributed by atoms with Gasteiger partial charge in [-0.05, 0) is 67.6 Å². The number of nitrogens with one attached hydrogen (secondary N) is 1. The van der Waals surface area contributed by atoms with E-state index >= 15 is 0 Å². The van der Waals surface area contributed by atoms with Gasteiger partial charge in [0.15, 0.2) is 0 Å². The molecule has 1 fully saturated rings. The number of imidazole rings is 1. The van der Waals surface area contributed by atoms with Gasteiger partial charge in [0, 0.05) is 37.2 Å². The zero-order chi connectivity index (χ0) is 27.7. The summed E-state index contributed by atoms with van der Waals surface area (Å²) >= 11 is 6.24. The van der Waals surface area contributed by atoms with Crippen molar-refractivity contribution in [3.05, 3.63) is 70.1 Å². The second-order valence-electron chi connectivity index (χ2n) is 9.71. The summed E-state index contributed by atoms with van der Waals surface area (Å²) in [6.07, 6.45) is 4.10. The summed E-state index contributed by atoms with van der Waals surface area (Å²) in [4.78, 5) is 51.4. The summed E-state index contributed by atoms with van der Waals surface area (Å²) in [6, 6.07) is 7.03. The summed E-state index contributed by atoms with van der Waals surface area (Å²) in [7, 11) is 3.35. The number of carbonyl (C=O) groups excluding carboxylic acids is 3. The summed E-state index contributed by atoms with van der Waals surface area (Å²) in [6.45, 7) is 5.65. The molecular weight excluding hydrogens is 506 g/mol. The van der Waals surface area contributed by atoms with Gasteiger partial charge in [-0.15, -0.1) is 0 Å². The number of nitrogens with zero attached hydrogens (tertiary/aromatic N) is 5. The number of likely N-dealkylation sites (tertiary alicyclic amines) is 1. The molecule has 3 N–H and O–H groups in total. The van der Waals surface area contributed by atoms with Gasteiger partial charge in [-0.25, -0.2) is 14.8 Å². The summed E-state index contributed by atoms with van der Waals surface area (Å²) < 4.78 is 1.69. The van der Waals surface area contributed by atoms with E-state index in [2.05, 4.69) is 15.3 Å². The number of pyridine rings is 1. The fourth-order valence-electron chi connectivity index (χ4n) is 4.98. The summed E-state index contributed by atoms with van der Waals surface area (Å²) in [5.74, 6) is -0.857. The highest BCUT2D eigenvalue weighted by atomic mass is 35.5. The first kappa shape index (κ1) is 27.1. The number of hydrogen-bond donors (Lipinski definition) is 2. The van der Waals surface area contributed by atoms with Crippen molar-refractivity contribution < 1.29 is 14.4 Å². The molecule has 0 saturated carbocycles. The van der Waals surface area contributed by atoms with E-state index in [-0.39, 0.29) is 6.42 Å². The highest BCUT2D eigenvalue weighted by molar-refractivity contribution is 6.30. The number of aryl methyl sites for hydroxylation is 3. The smallest absolute Gasteiger partial charge is 0.325 e. The van der Waals surface area contributed by atoms with Crippen LogP contribution in [0.2, 0.25) is 5.02 Å². The lowest BCUT2D eigenvalue weighted by Crippen LogP contribution is -2.70. The Hall–Kier alpha value is -3.92. The van der Waals surface area contributed by atoms with Crippen LogP contribution in [0.5, 0.6) is 0 Å². The Morgan fingerprint density at radius 3 is 2.55 bits per heavy atom. The molecule has 200 valence electrons. The normalized spacial score (nSPS) is 17.6. The number of aromatic nitrogens is 3. The monoisotopic (exact) mass is 537 g/mol. The number of β-lactam (4-membered cyclic amide) rings is 1. The highest BCUT2D eigenvalue weighted by Crippen LogP contribution is 2.33. The van der Waals surface area contributed by atoms with Crippen LogP contribution < -0.4 is 16.0 Å². The number of nitrogens with two attached hydrogens (primary N) is 1. The van der Waals surface area contributed by atoms with Crippen LogP contribution in [0.1, 0.15) is 41.8 Å². The Balaban J connectivity index is 1.63. The fourth-order valence-corrected chi connectivity index (χ4v) is 5.28. The lowest BCUT2D eigenvalue weighted by molar-refractivity contribution is -0.156. The van der Waals surface area contributed by atoms with Gasteiger partial charge in [0.25, 0.3) is 5.91 Å². The maximum absolute atomic E-state index is 13.7. The summed E-state index contributed by atoms with van der Waals surface area (Å²) in [5.41, 5.74) is 9.16. The van der Waals surface area contributed by atoms with Crippen molar-refractivity contribution in [2.75, 3.05) is 17.7 Å². The van der Waals surface area contributed by atoms with Crippen molar-refractivity contribution in [3.63, 3.8) is 0 Å². The number of likely N-dealkylation sites (N-methyl/N-ethyl adjacent to an activating group) is 1. The fraction of sp³-hybridized carbons (Fsp3) is 0.370. The quantitative estimate of drug-likeness (QED) is 0.444. The average molecular weight is 538 g/mol. The van der Waals surface area contributed by atoms with Gasteiger partial charge in [0.1, 0.15) is 11.9 Å². The molecule has 1 aromatic carbocycles. The molecule has 3 atom stereocenters. The number of anilines is 2. The molecule has 10 nitrogen and oxygen atoms in total.